The molecule has 1 N–H and O–H groups in total. The Balaban J connectivity index is 2.49. The number of carbonyl (C=O) groups excluding carboxylic acids is 2. The Kier molecular flexibility index (Phi) is 5.32. The second-order valence-electron chi connectivity index (χ2n) is 3.41. The zero-order chi connectivity index (χ0) is 12.5. The fourth-order valence-corrected chi connectivity index (χ4v) is 1.14. The van der Waals surface area contributed by atoms with Gasteiger partial charge in [0.2, 0.25) is 6.41 Å². The van der Waals surface area contributed by atoms with Gasteiger partial charge < -0.3 is 10.2 Å². The van der Waals surface area contributed by atoms with E-state index < -0.39 is 0 Å². The van der Waals surface area contributed by atoms with Gasteiger partial charge in [0, 0.05) is 31.6 Å². The van der Waals surface area contributed by atoms with Gasteiger partial charge in [-0.1, -0.05) is 24.1 Å². The zero-order valence-electron chi connectivity index (χ0n) is 9.64. The highest BCUT2D eigenvalue weighted by Gasteiger charge is 2.03. The van der Waals surface area contributed by atoms with Gasteiger partial charge in [0.1, 0.15) is 0 Å². The van der Waals surface area contributed by atoms with E-state index in [2.05, 4.69) is 17.2 Å². The summed E-state index contributed by atoms with van der Waals surface area (Å²) in [6.45, 7) is 0.875. The number of nitrogens with zero attached hydrogens (tertiary/aromatic N) is 1. The first-order valence-corrected chi connectivity index (χ1v) is 5.23. The van der Waals surface area contributed by atoms with Gasteiger partial charge in [-0.05, 0) is 12.1 Å². The molecule has 1 aromatic carbocycles. The zero-order valence-corrected chi connectivity index (χ0v) is 9.64. The molecule has 1 rings (SSSR count). The van der Waals surface area contributed by atoms with Crippen molar-refractivity contribution >= 4 is 12.3 Å². The van der Waals surface area contributed by atoms with Crippen molar-refractivity contribution in [3.8, 4) is 11.8 Å². The molecular weight excluding hydrogens is 216 g/mol. The van der Waals surface area contributed by atoms with Crippen LogP contribution in [-0.4, -0.2) is 37.4 Å². The second-order valence-corrected chi connectivity index (χ2v) is 3.41. The van der Waals surface area contributed by atoms with Gasteiger partial charge >= 0.3 is 0 Å². The lowest BCUT2D eigenvalue weighted by atomic mass is 10.2. The van der Waals surface area contributed by atoms with Crippen LogP contribution in [-0.2, 0) is 9.59 Å². The summed E-state index contributed by atoms with van der Waals surface area (Å²) in [6.07, 6.45) is 0.605. The molecule has 0 spiro atoms. The van der Waals surface area contributed by atoms with Gasteiger partial charge in [0.05, 0.1) is 0 Å². The Morgan fingerprint density at radius 3 is 2.76 bits per heavy atom. The van der Waals surface area contributed by atoms with Crippen LogP contribution < -0.4 is 5.32 Å². The monoisotopic (exact) mass is 230 g/mol. The number of hydrogen-bond acceptors (Lipinski definition) is 2. The van der Waals surface area contributed by atoms with E-state index in [1.54, 1.807) is 7.05 Å². The van der Waals surface area contributed by atoms with Crippen LogP contribution in [0.15, 0.2) is 30.3 Å². The molecule has 4 heteroatoms. The highest BCUT2D eigenvalue weighted by atomic mass is 16.2. The minimum absolute atomic E-state index is 0.262. The maximum Gasteiger partial charge on any atom is 0.298 e. The van der Waals surface area contributed by atoms with Crippen molar-refractivity contribution in [1.29, 1.82) is 0 Å². The van der Waals surface area contributed by atoms with Crippen LogP contribution in [0.25, 0.3) is 0 Å². The number of likely N-dealkylation sites (N-methyl/N-ethyl adjacent to an activating group) is 1. The van der Waals surface area contributed by atoms with Crippen molar-refractivity contribution in [1.82, 2.24) is 10.2 Å². The molecule has 0 heterocycles. The van der Waals surface area contributed by atoms with Crippen LogP contribution in [0.1, 0.15) is 5.56 Å². The topological polar surface area (TPSA) is 49.4 Å². The Labute approximate surface area is 101 Å². The lowest BCUT2D eigenvalue weighted by Crippen LogP contribution is -2.32. The average molecular weight is 230 g/mol. The molecule has 1 aromatic rings. The second kappa shape index (κ2) is 7.07. The third-order valence-corrected chi connectivity index (χ3v) is 2.11. The molecular formula is C13H14N2O2. The minimum atomic E-state index is -0.262. The highest BCUT2D eigenvalue weighted by Crippen LogP contribution is 1.94. The van der Waals surface area contributed by atoms with Crippen LogP contribution in [0.5, 0.6) is 0 Å². The Bertz CT molecular complexity index is 432. The molecule has 0 aliphatic carbocycles. The summed E-state index contributed by atoms with van der Waals surface area (Å²) >= 11 is 0. The molecule has 2 amide bonds. The van der Waals surface area contributed by atoms with E-state index in [-0.39, 0.29) is 5.91 Å². The number of benzene rings is 1. The number of rotatable bonds is 4. The van der Waals surface area contributed by atoms with E-state index in [0.717, 1.165) is 5.56 Å². The fraction of sp³-hybridized carbons (Fsp3) is 0.231. The predicted molar refractivity (Wildman–Crippen MR) is 65.0 cm³/mol. The minimum Gasteiger partial charge on any atom is -0.357 e. The summed E-state index contributed by atoms with van der Waals surface area (Å²) in [5.41, 5.74) is 0.806. The molecule has 4 nitrogen and oxygen atoms in total. The molecule has 0 aromatic heterocycles. The smallest absolute Gasteiger partial charge is 0.298 e. The summed E-state index contributed by atoms with van der Waals surface area (Å²) in [4.78, 5) is 23.0. The lowest BCUT2D eigenvalue weighted by Gasteiger charge is -2.12. The SMILES string of the molecule is CN(CCNC=O)C(=O)C#Cc1ccccc1. The summed E-state index contributed by atoms with van der Waals surface area (Å²) in [5, 5.41) is 2.49. The van der Waals surface area contributed by atoms with Crippen molar-refractivity contribution in [2.45, 2.75) is 0 Å². The Morgan fingerprint density at radius 2 is 2.12 bits per heavy atom. The Hall–Kier alpha value is -2.28. The van der Waals surface area contributed by atoms with Gasteiger partial charge in [-0.15, -0.1) is 0 Å². The standard InChI is InChI=1S/C13H14N2O2/c1-15(10-9-14-11-16)13(17)8-7-12-5-3-2-4-6-12/h2-6,11H,9-10H2,1H3,(H,14,16). The van der Waals surface area contributed by atoms with Crippen molar-refractivity contribution in [3.63, 3.8) is 0 Å². The van der Waals surface area contributed by atoms with E-state index >= 15 is 0 Å². The third-order valence-electron chi connectivity index (χ3n) is 2.11. The van der Waals surface area contributed by atoms with Crippen molar-refractivity contribution < 1.29 is 9.59 Å². The summed E-state index contributed by atoms with van der Waals surface area (Å²) in [7, 11) is 1.65. The van der Waals surface area contributed by atoms with E-state index in [1.807, 2.05) is 30.3 Å². The number of hydrogen-bond donors (Lipinski definition) is 1. The van der Waals surface area contributed by atoms with E-state index in [4.69, 9.17) is 0 Å². The molecule has 88 valence electrons. The molecule has 0 aliphatic heterocycles. The van der Waals surface area contributed by atoms with Crippen molar-refractivity contribution in [2.24, 2.45) is 0 Å². The normalized spacial score (nSPS) is 8.76. The van der Waals surface area contributed by atoms with Crippen LogP contribution >= 0.6 is 0 Å². The third kappa shape index (κ3) is 4.85. The predicted octanol–water partition coefficient (Wildman–Crippen LogP) is 0.243. The van der Waals surface area contributed by atoms with Crippen molar-refractivity contribution in [3.05, 3.63) is 35.9 Å². The van der Waals surface area contributed by atoms with Gasteiger partial charge in [-0.3, -0.25) is 9.59 Å². The summed E-state index contributed by atoms with van der Waals surface area (Å²) in [5.74, 6) is 5.07. The molecule has 0 aliphatic rings. The van der Waals surface area contributed by atoms with Crippen LogP contribution in [0.4, 0.5) is 0 Å². The van der Waals surface area contributed by atoms with Gasteiger partial charge in [0.25, 0.3) is 5.91 Å². The van der Waals surface area contributed by atoms with E-state index in [9.17, 15) is 9.59 Å². The van der Waals surface area contributed by atoms with Gasteiger partial charge in [0.15, 0.2) is 0 Å². The van der Waals surface area contributed by atoms with Crippen LogP contribution in [0.3, 0.4) is 0 Å². The number of carbonyl (C=O) groups is 2. The molecule has 0 fully saturated rings. The number of amides is 2. The largest absolute Gasteiger partial charge is 0.357 e. The molecule has 17 heavy (non-hydrogen) atoms. The first-order chi connectivity index (χ1) is 8.24. The average Bonchev–Trinajstić information content (AvgIpc) is 2.37. The van der Waals surface area contributed by atoms with Gasteiger partial charge in [-0.25, -0.2) is 0 Å². The highest BCUT2D eigenvalue weighted by molar-refractivity contribution is 5.93. The molecule has 0 radical (unpaired) electrons. The fourth-order valence-electron chi connectivity index (χ4n) is 1.14. The maximum atomic E-state index is 11.5. The first-order valence-electron chi connectivity index (χ1n) is 5.23. The maximum absolute atomic E-state index is 11.5. The van der Waals surface area contributed by atoms with E-state index in [1.165, 1.54) is 4.90 Å². The molecule has 0 saturated carbocycles. The first kappa shape index (κ1) is 12.8. The van der Waals surface area contributed by atoms with Gasteiger partial charge in [-0.2, -0.15) is 0 Å². The lowest BCUT2D eigenvalue weighted by molar-refractivity contribution is -0.124. The van der Waals surface area contributed by atoms with Crippen LogP contribution in [0, 0.1) is 11.8 Å². The molecule has 0 bridgehead atoms. The molecule has 0 atom stereocenters. The summed E-state index contributed by atoms with van der Waals surface area (Å²) < 4.78 is 0. The Morgan fingerprint density at radius 1 is 1.41 bits per heavy atom. The van der Waals surface area contributed by atoms with Crippen LogP contribution in [0.2, 0.25) is 0 Å². The van der Waals surface area contributed by atoms with Crippen molar-refractivity contribution in [2.75, 3.05) is 20.1 Å². The van der Waals surface area contributed by atoms with E-state index in [0.29, 0.717) is 19.5 Å². The summed E-state index contributed by atoms with van der Waals surface area (Å²) in [6, 6.07) is 9.31. The quantitative estimate of drug-likeness (QED) is 0.458. The molecule has 0 saturated heterocycles. The number of nitrogens with one attached hydrogen (secondary N) is 1. The molecule has 0 unspecified atom stereocenters.